The second kappa shape index (κ2) is 9.97. The minimum absolute atomic E-state index is 0.0541. The summed E-state index contributed by atoms with van der Waals surface area (Å²) in [5.41, 5.74) is 0.671. The van der Waals surface area contributed by atoms with Gasteiger partial charge in [-0.2, -0.15) is 0 Å². The fourth-order valence-corrected chi connectivity index (χ4v) is 5.19. The van der Waals surface area contributed by atoms with E-state index in [1.54, 1.807) is 12.1 Å². The highest BCUT2D eigenvalue weighted by atomic mass is 19.1. The summed E-state index contributed by atoms with van der Waals surface area (Å²) >= 11 is 0. The van der Waals surface area contributed by atoms with Crippen molar-refractivity contribution in [1.29, 1.82) is 0 Å². The van der Waals surface area contributed by atoms with Gasteiger partial charge in [-0.3, -0.25) is 0 Å². The summed E-state index contributed by atoms with van der Waals surface area (Å²) < 4.78 is 44.7. The predicted molar refractivity (Wildman–Crippen MR) is 124 cm³/mol. The van der Waals surface area contributed by atoms with E-state index < -0.39 is 17.5 Å². The van der Waals surface area contributed by atoms with E-state index in [1.807, 2.05) is 0 Å². The van der Waals surface area contributed by atoms with Crippen LogP contribution in [0.1, 0.15) is 76.2 Å². The molecule has 170 valence electrons. The molecular weight excluding hydrogens is 409 g/mol. The zero-order chi connectivity index (χ0) is 22.7. The molecule has 1 aliphatic carbocycles. The first-order valence-electron chi connectivity index (χ1n) is 11.9. The quantitative estimate of drug-likeness (QED) is 0.364. The molecule has 0 spiro atoms. The van der Waals surface area contributed by atoms with E-state index in [9.17, 15) is 9.50 Å². The van der Waals surface area contributed by atoms with Crippen LogP contribution in [0.2, 0.25) is 0 Å². The molecule has 0 amide bonds. The molecule has 1 aliphatic rings. The molecule has 1 fully saturated rings. The van der Waals surface area contributed by atoms with Gasteiger partial charge in [0, 0.05) is 5.39 Å². The summed E-state index contributed by atoms with van der Waals surface area (Å²) in [5.74, 6) is -1.07. The number of phenolic OH excluding ortho intramolecular Hbond substituents is 1. The van der Waals surface area contributed by atoms with E-state index in [1.165, 1.54) is 56.4 Å². The lowest BCUT2D eigenvalue weighted by Crippen LogP contribution is -2.14. The molecule has 1 saturated carbocycles. The summed E-state index contributed by atoms with van der Waals surface area (Å²) in [6.07, 6.45) is 10.5. The number of rotatable bonds is 7. The zero-order valence-corrected chi connectivity index (χ0v) is 18.6. The first-order valence-corrected chi connectivity index (χ1v) is 11.9. The molecule has 1 N–H and O–H groups in total. The number of halogens is 3. The third kappa shape index (κ3) is 4.95. The Hall–Kier alpha value is -2.49. The molecule has 3 aromatic carbocycles. The Bertz CT molecular complexity index is 1060. The van der Waals surface area contributed by atoms with Crippen molar-refractivity contribution in [2.45, 2.75) is 70.6 Å². The number of phenols is 1. The Morgan fingerprint density at radius 2 is 1.53 bits per heavy atom. The highest BCUT2D eigenvalue weighted by molar-refractivity contribution is 5.89. The van der Waals surface area contributed by atoms with E-state index in [0.29, 0.717) is 10.9 Å². The minimum Gasteiger partial charge on any atom is -0.508 e. The van der Waals surface area contributed by atoms with Gasteiger partial charge in [0.25, 0.3) is 0 Å². The molecule has 0 aromatic heterocycles. The normalized spacial score (nSPS) is 18.9. The molecule has 0 radical (unpaired) electrons. The van der Waals surface area contributed by atoms with Crippen LogP contribution >= 0.6 is 0 Å². The zero-order valence-electron chi connectivity index (χ0n) is 18.6. The fourth-order valence-electron chi connectivity index (χ4n) is 5.19. The molecule has 0 saturated heterocycles. The Morgan fingerprint density at radius 1 is 0.812 bits per heavy atom. The smallest absolute Gasteiger partial charge is 0.134 e. The third-order valence-corrected chi connectivity index (χ3v) is 7.02. The van der Waals surface area contributed by atoms with Gasteiger partial charge in [-0.15, -0.1) is 0 Å². The summed E-state index contributed by atoms with van der Waals surface area (Å²) in [7, 11) is 0. The van der Waals surface area contributed by atoms with Crippen molar-refractivity contribution < 1.29 is 18.3 Å². The lowest BCUT2D eigenvalue weighted by molar-refractivity contribution is 0.301. The highest BCUT2D eigenvalue weighted by Gasteiger charge is 2.24. The van der Waals surface area contributed by atoms with Crippen molar-refractivity contribution in [2.75, 3.05) is 0 Å². The van der Waals surface area contributed by atoms with Crippen molar-refractivity contribution in [2.24, 2.45) is 5.92 Å². The van der Waals surface area contributed by atoms with Gasteiger partial charge >= 0.3 is 0 Å². The Morgan fingerprint density at radius 3 is 2.22 bits per heavy atom. The summed E-state index contributed by atoms with van der Waals surface area (Å²) in [4.78, 5) is 0. The Labute approximate surface area is 188 Å². The number of aromatic hydroxyl groups is 1. The average molecular weight is 441 g/mol. The van der Waals surface area contributed by atoms with Crippen LogP contribution in [0, 0.1) is 23.4 Å². The van der Waals surface area contributed by atoms with E-state index in [4.69, 9.17) is 0 Å². The minimum atomic E-state index is -0.654. The number of benzene rings is 3. The van der Waals surface area contributed by atoms with Crippen molar-refractivity contribution in [3.63, 3.8) is 0 Å². The van der Waals surface area contributed by atoms with Crippen molar-refractivity contribution >= 4 is 10.8 Å². The molecule has 0 aliphatic heterocycles. The molecule has 4 heteroatoms. The van der Waals surface area contributed by atoms with E-state index in [2.05, 4.69) is 6.92 Å². The Balaban J connectivity index is 1.51. The maximum atomic E-state index is 15.1. The maximum absolute atomic E-state index is 15.1. The van der Waals surface area contributed by atoms with Crippen LogP contribution in [0.15, 0.2) is 42.5 Å². The van der Waals surface area contributed by atoms with Gasteiger partial charge in [0.15, 0.2) is 0 Å². The number of hydrogen-bond donors (Lipinski definition) is 1. The van der Waals surface area contributed by atoms with Gasteiger partial charge in [-0.25, -0.2) is 13.2 Å². The van der Waals surface area contributed by atoms with Gasteiger partial charge in [-0.1, -0.05) is 45.1 Å². The molecule has 3 aromatic rings. The van der Waals surface area contributed by atoms with E-state index in [0.717, 1.165) is 37.7 Å². The van der Waals surface area contributed by atoms with Gasteiger partial charge in [0.2, 0.25) is 0 Å². The number of hydrogen-bond acceptors (Lipinski definition) is 1. The lowest BCUT2D eigenvalue weighted by atomic mass is 9.76. The van der Waals surface area contributed by atoms with Crippen LogP contribution in [0.3, 0.4) is 0 Å². The summed E-state index contributed by atoms with van der Waals surface area (Å²) in [6.45, 7) is 2.22. The topological polar surface area (TPSA) is 20.2 Å². The average Bonchev–Trinajstić information content (AvgIpc) is 2.77. The monoisotopic (exact) mass is 440 g/mol. The van der Waals surface area contributed by atoms with Crippen LogP contribution in [-0.2, 0) is 0 Å². The maximum Gasteiger partial charge on any atom is 0.134 e. The van der Waals surface area contributed by atoms with Crippen LogP contribution < -0.4 is 0 Å². The van der Waals surface area contributed by atoms with Gasteiger partial charge < -0.3 is 5.11 Å². The summed E-state index contributed by atoms with van der Waals surface area (Å²) in [5, 5.41) is 10.3. The lowest BCUT2D eigenvalue weighted by Gasteiger charge is -2.29. The van der Waals surface area contributed by atoms with Crippen molar-refractivity contribution in [3.05, 3.63) is 65.5 Å². The fraction of sp³-hybridized carbons (Fsp3) is 0.429. The SMILES string of the molecule is CCCCCCC1CCC(c2cc(F)c(-c3cc(F)c4cc(O)ccc4c3)c(F)c2)CC1. The molecule has 1 nitrogen and oxygen atoms in total. The molecular formula is C28H31F3O. The Kier molecular flexibility index (Phi) is 7.07. The summed E-state index contributed by atoms with van der Waals surface area (Å²) in [6, 6.07) is 9.84. The highest BCUT2D eigenvalue weighted by Crippen LogP contribution is 2.40. The standard InChI is InChI=1S/C28H31F3O/c1-2-3-4-5-6-18-7-9-19(10-8-18)21-14-26(30)28(27(31)15-21)22-13-20-11-12-23(32)17-24(20)25(29)16-22/h11-19,32H,2-10H2,1H3. The van der Waals surface area contributed by atoms with Gasteiger partial charge in [-0.05, 0) is 90.4 Å². The number of fused-ring (bicyclic) bond motifs is 1. The first kappa shape index (κ1) is 22.7. The second-order valence-corrected chi connectivity index (χ2v) is 9.29. The largest absolute Gasteiger partial charge is 0.508 e. The van der Waals surface area contributed by atoms with Gasteiger partial charge in [0.1, 0.15) is 23.2 Å². The third-order valence-electron chi connectivity index (χ3n) is 7.02. The van der Waals surface area contributed by atoms with Crippen LogP contribution in [0.4, 0.5) is 13.2 Å². The van der Waals surface area contributed by atoms with Crippen LogP contribution in [0.25, 0.3) is 21.9 Å². The van der Waals surface area contributed by atoms with E-state index >= 15 is 8.78 Å². The van der Waals surface area contributed by atoms with Crippen LogP contribution in [-0.4, -0.2) is 5.11 Å². The van der Waals surface area contributed by atoms with Crippen molar-refractivity contribution in [3.8, 4) is 16.9 Å². The van der Waals surface area contributed by atoms with E-state index in [-0.39, 0.29) is 28.2 Å². The molecule has 4 rings (SSSR count). The predicted octanol–water partition coefficient (Wildman–Crippen LogP) is 8.87. The van der Waals surface area contributed by atoms with Crippen LogP contribution in [0.5, 0.6) is 5.75 Å². The van der Waals surface area contributed by atoms with Crippen molar-refractivity contribution in [1.82, 2.24) is 0 Å². The number of unbranched alkanes of at least 4 members (excludes halogenated alkanes) is 3. The second-order valence-electron chi connectivity index (χ2n) is 9.29. The molecule has 0 bridgehead atoms. The molecule has 0 heterocycles. The molecule has 0 unspecified atom stereocenters. The van der Waals surface area contributed by atoms with Gasteiger partial charge in [0.05, 0.1) is 5.56 Å². The molecule has 0 atom stereocenters. The first-order chi connectivity index (χ1) is 15.5. The molecule has 32 heavy (non-hydrogen) atoms.